The van der Waals surface area contributed by atoms with Crippen molar-refractivity contribution < 1.29 is 13.2 Å². The first-order valence-electron chi connectivity index (χ1n) is 5.94. The number of fused-ring (bicyclic) bond motifs is 1. The van der Waals surface area contributed by atoms with Gasteiger partial charge in [-0.2, -0.15) is 13.2 Å². The van der Waals surface area contributed by atoms with E-state index in [1.165, 1.54) is 10.6 Å². The summed E-state index contributed by atoms with van der Waals surface area (Å²) in [7, 11) is 3.45. The van der Waals surface area contributed by atoms with Gasteiger partial charge >= 0.3 is 6.18 Å². The second-order valence-corrected chi connectivity index (χ2v) is 4.60. The number of alkyl halides is 3. The topological polar surface area (TPSA) is 75.2 Å². The van der Waals surface area contributed by atoms with E-state index in [1.807, 2.05) is 0 Å². The van der Waals surface area contributed by atoms with Crippen LogP contribution in [0.3, 0.4) is 0 Å². The van der Waals surface area contributed by atoms with Crippen molar-refractivity contribution in [2.24, 2.45) is 0 Å². The highest BCUT2D eigenvalue weighted by Gasteiger charge is 2.33. The Morgan fingerprint density at radius 3 is 2.48 bits per heavy atom. The molecule has 0 aliphatic carbocycles. The molecule has 0 radical (unpaired) electrons. The fraction of sp³-hybridized carbons (Fsp3) is 0.273. The van der Waals surface area contributed by atoms with Crippen LogP contribution in [-0.2, 0) is 6.18 Å². The van der Waals surface area contributed by atoms with E-state index in [0.29, 0.717) is 11.3 Å². The summed E-state index contributed by atoms with van der Waals surface area (Å²) in [5.41, 5.74) is 8.09. The summed E-state index contributed by atoms with van der Waals surface area (Å²) in [4.78, 5) is 7.69. The van der Waals surface area contributed by atoms with Gasteiger partial charge in [0.1, 0.15) is 11.2 Å². The molecule has 0 saturated heterocycles. The molecular formula is C11H12F3N7. The van der Waals surface area contributed by atoms with Crippen molar-refractivity contribution in [1.82, 2.24) is 30.1 Å². The average Bonchev–Trinajstić information content (AvgIpc) is 2.85. The number of anilines is 1. The number of nitrogens with two attached hydrogens (primary N) is 1. The highest BCUT2D eigenvalue weighted by Crippen LogP contribution is 2.31. The molecule has 0 bridgehead atoms. The van der Waals surface area contributed by atoms with Gasteiger partial charge in [0.25, 0.3) is 0 Å². The maximum absolute atomic E-state index is 12.8. The van der Waals surface area contributed by atoms with E-state index in [1.54, 1.807) is 30.3 Å². The highest BCUT2D eigenvalue weighted by molar-refractivity contribution is 5.79. The Labute approximate surface area is 117 Å². The summed E-state index contributed by atoms with van der Waals surface area (Å²) < 4.78 is 39.8. The van der Waals surface area contributed by atoms with Crippen molar-refractivity contribution in [3.63, 3.8) is 0 Å². The van der Waals surface area contributed by atoms with Crippen LogP contribution < -0.4 is 11.3 Å². The van der Waals surface area contributed by atoms with Gasteiger partial charge in [-0.25, -0.2) is 14.5 Å². The molecule has 0 fully saturated rings. The Morgan fingerprint density at radius 1 is 1.19 bits per heavy atom. The fourth-order valence-electron chi connectivity index (χ4n) is 2.14. The van der Waals surface area contributed by atoms with Crippen LogP contribution in [-0.4, -0.2) is 38.6 Å². The van der Waals surface area contributed by atoms with Crippen LogP contribution >= 0.6 is 0 Å². The van der Waals surface area contributed by atoms with Crippen molar-refractivity contribution >= 4 is 22.9 Å². The van der Waals surface area contributed by atoms with E-state index in [4.69, 9.17) is 5.73 Å². The molecule has 0 atom stereocenters. The molecule has 2 aromatic rings. The van der Waals surface area contributed by atoms with E-state index in [2.05, 4.69) is 15.5 Å². The Balaban J connectivity index is 2.23. The Bertz CT molecular complexity index is 733. The van der Waals surface area contributed by atoms with Gasteiger partial charge in [0.2, 0.25) is 5.95 Å². The minimum atomic E-state index is -4.52. The molecule has 3 N–H and O–H groups in total. The second kappa shape index (κ2) is 4.25. The molecule has 0 unspecified atom stereocenters. The van der Waals surface area contributed by atoms with E-state index in [0.717, 1.165) is 6.07 Å². The zero-order valence-electron chi connectivity index (χ0n) is 11.2. The maximum atomic E-state index is 12.8. The van der Waals surface area contributed by atoms with Crippen molar-refractivity contribution in [3.05, 3.63) is 24.0 Å². The molecule has 7 nitrogen and oxygen atoms in total. The first kappa shape index (κ1) is 13.5. The van der Waals surface area contributed by atoms with Gasteiger partial charge in [-0.15, -0.1) is 5.53 Å². The lowest BCUT2D eigenvalue weighted by Crippen LogP contribution is -2.36. The average molecular weight is 299 g/mol. The predicted molar refractivity (Wildman–Crippen MR) is 69.9 cm³/mol. The number of hydrazine groups is 2. The third-order valence-corrected chi connectivity index (χ3v) is 3.01. The van der Waals surface area contributed by atoms with Gasteiger partial charge in [0.05, 0.1) is 6.20 Å². The van der Waals surface area contributed by atoms with E-state index >= 15 is 0 Å². The normalized spacial score (nSPS) is 16.0. The SMILES string of the molecule is CN1C=C(n2c(N)nc3ccc(C(F)(F)F)nc32)N(C)N1. The molecule has 0 saturated carbocycles. The number of aromatic nitrogens is 3. The summed E-state index contributed by atoms with van der Waals surface area (Å²) in [6.07, 6.45) is -2.86. The number of hydrogen-bond donors (Lipinski definition) is 2. The monoisotopic (exact) mass is 299 g/mol. The Hall–Kier alpha value is -2.49. The first-order valence-corrected chi connectivity index (χ1v) is 5.94. The molecule has 21 heavy (non-hydrogen) atoms. The number of nitrogens with zero attached hydrogens (tertiary/aromatic N) is 5. The molecule has 3 heterocycles. The molecule has 0 aromatic carbocycles. The number of hydrogen-bond acceptors (Lipinski definition) is 6. The Morgan fingerprint density at radius 2 is 1.90 bits per heavy atom. The molecule has 1 aliphatic rings. The summed E-state index contributed by atoms with van der Waals surface area (Å²) in [5.74, 6) is 0.580. The van der Waals surface area contributed by atoms with Crippen LogP contribution in [0.5, 0.6) is 0 Å². The molecule has 0 amide bonds. The highest BCUT2D eigenvalue weighted by atomic mass is 19.4. The molecule has 0 spiro atoms. The summed E-state index contributed by atoms with van der Waals surface area (Å²) >= 11 is 0. The van der Waals surface area contributed by atoms with Gasteiger partial charge in [-0.3, -0.25) is 10.0 Å². The predicted octanol–water partition coefficient (Wildman–Crippen LogP) is 1.08. The van der Waals surface area contributed by atoms with Crippen molar-refractivity contribution in [3.8, 4) is 0 Å². The van der Waals surface area contributed by atoms with Crippen LogP contribution in [0.1, 0.15) is 5.69 Å². The molecule has 112 valence electrons. The maximum Gasteiger partial charge on any atom is 0.433 e. The van der Waals surface area contributed by atoms with Gasteiger partial charge in [0, 0.05) is 14.1 Å². The van der Waals surface area contributed by atoms with Crippen LogP contribution in [0.15, 0.2) is 18.3 Å². The van der Waals surface area contributed by atoms with Crippen molar-refractivity contribution in [1.29, 1.82) is 0 Å². The van der Waals surface area contributed by atoms with Crippen LogP contribution in [0, 0.1) is 0 Å². The van der Waals surface area contributed by atoms with Crippen LogP contribution in [0.2, 0.25) is 0 Å². The number of nitrogens with one attached hydrogen (secondary N) is 1. The fourth-order valence-corrected chi connectivity index (χ4v) is 2.14. The zero-order valence-corrected chi connectivity index (χ0v) is 11.2. The smallest absolute Gasteiger partial charge is 0.369 e. The molecule has 1 aliphatic heterocycles. The molecule has 10 heteroatoms. The van der Waals surface area contributed by atoms with Crippen LogP contribution in [0.4, 0.5) is 19.1 Å². The molecule has 3 rings (SSSR count). The third kappa shape index (κ3) is 2.13. The minimum absolute atomic E-state index is 0.0533. The number of imidazole rings is 1. The summed E-state index contributed by atoms with van der Waals surface area (Å²) in [6, 6.07) is 2.14. The summed E-state index contributed by atoms with van der Waals surface area (Å²) in [6.45, 7) is 0. The number of halogens is 3. The quantitative estimate of drug-likeness (QED) is 0.821. The van der Waals surface area contributed by atoms with Gasteiger partial charge < -0.3 is 5.73 Å². The second-order valence-electron chi connectivity index (χ2n) is 4.60. The summed E-state index contributed by atoms with van der Waals surface area (Å²) in [5, 5.41) is 3.23. The lowest BCUT2D eigenvalue weighted by atomic mass is 10.3. The van der Waals surface area contributed by atoms with Crippen LogP contribution in [0.25, 0.3) is 17.0 Å². The Kier molecular flexibility index (Phi) is 2.73. The van der Waals surface area contributed by atoms with Gasteiger partial charge in [0.15, 0.2) is 11.5 Å². The number of pyridine rings is 1. The van der Waals surface area contributed by atoms with Gasteiger partial charge in [-0.1, -0.05) is 0 Å². The lowest BCUT2D eigenvalue weighted by Gasteiger charge is -2.18. The van der Waals surface area contributed by atoms with Crippen molar-refractivity contribution in [2.45, 2.75) is 6.18 Å². The third-order valence-electron chi connectivity index (χ3n) is 3.01. The number of nitrogen functional groups attached to an aromatic ring is 1. The lowest BCUT2D eigenvalue weighted by molar-refractivity contribution is -0.141. The molecule has 2 aromatic heterocycles. The van der Waals surface area contributed by atoms with Gasteiger partial charge in [-0.05, 0) is 12.1 Å². The largest absolute Gasteiger partial charge is 0.433 e. The van der Waals surface area contributed by atoms with E-state index < -0.39 is 11.9 Å². The minimum Gasteiger partial charge on any atom is -0.369 e. The molecular weight excluding hydrogens is 287 g/mol. The standard InChI is InChI=1S/C11H12F3N7/c1-19-5-8(20(2)18-19)21-9-6(16-10(21)15)3-4-7(17-9)11(12,13)14/h3-5,18H,1-2H3,(H2,15,16). The van der Waals surface area contributed by atoms with E-state index in [9.17, 15) is 13.2 Å². The zero-order chi connectivity index (χ0) is 15.4. The van der Waals surface area contributed by atoms with E-state index in [-0.39, 0.29) is 11.6 Å². The first-order chi connectivity index (χ1) is 9.77. The van der Waals surface area contributed by atoms with Crippen molar-refractivity contribution in [2.75, 3.05) is 19.8 Å². The number of rotatable bonds is 1.